The molecule has 4 heteroatoms. The van der Waals surface area contributed by atoms with Gasteiger partial charge in [-0.15, -0.1) is 0 Å². The third kappa shape index (κ3) is 6.39. The predicted octanol–water partition coefficient (Wildman–Crippen LogP) is 1.95. The van der Waals surface area contributed by atoms with Crippen LogP contribution in [-0.2, 0) is 4.79 Å². The number of nitrogens with one attached hydrogen (secondary N) is 1. The van der Waals surface area contributed by atoms with E-state index >= 15 is 0 Å². The summed E-state index contributed by atoms with van der Waals surface area (Å²) in [4.78, 5) is 11.7. The first-order chi connectivity index (χ1) is 8.52. The highest BCUT2D eigenvalue weighted by Gasteiger charge is 2.36. The van der Waals surface area contributed by atoms with E-state index in [9.17, 15) is 9.90 Å². The number of nitrogens with two attached hydrogens (primary N) is 1. The van der Waals surface area contributed by atoms with E-state index in [0.29, 0.717) is 24.8 Å². The summed E-state index contributed by atoms with van der Waals surface area (Å²) in [5, 5.41) is 13.3. The molecule has 0 bridgehead atoms. The standard InChI is InChI=1S/C15H30N2O2/c1-13(2)7-9-15(19,10-8-13)11-17-12(18)5-6-14(3,4)16/h19H,5-11,16H2,1-4H3,(H,17,18). The van der Waals surface area contributed by atoms with Gasteiger partial charge < -0.3 is 16.2 Å². The maximum Gasteiger partial charge on any atom is 0.220 e. The molecule has 1 fully saturated rings. The molecule has 19 heavy (non-hydrogen) atoms. The highest BCUT2D eigenvalue weighted by Crippen LogP contribution is 2.39. The maximum absolute atomic E-state index is 11.7. The molecule has 0 aromatic carbocycles. The molecule has 0 aliphatic heterocycles. The molecule has 0 radical (unpaired) electrons. The second-order valence-electron chi connectivity index (χ2n) is 7.65. The molecular formula is C15H30N2O2. The SMILES string of the molecule is CC(C)(N)CCC(=O)NCC1(O)CCC(C)(C)CC1. The summed E-state index contributed by atoms with van der Waals surface area (Å²) in [5.74, 6) is -0.0169. The van der Waals surface area contributed by atoms with Gasteiger partial charge in [-0.1, -0.05) is 13.8 Å². The minimum atomic E-state index is -0.719. The number of aliphatic hydroxyl groups is 1. The molecule has 0 aromatic heterocycles. The minimum Gasteiger partial charge on any atom is -0.388 e. The quantitative estimate of drug-likeness (QED) is 0.715. The summed E-state index contributed by atoms with van der Waals surface area (Å²) in [5.41, 5.74) is 5.13. The smallest absolute Gasteiger partial charge is 0.220 e. The molecule has 0 aromatic rings. The molecule has 0 saturated heterocycles. The molecule has 1 rings (SSSR count). The van der Waals surface area contributed by atoms with Crippen LogP contribution in [0.5, 0.6) is 0 Å². The van der Waals surface area contributed by atoms with Gasteiger partial charge in [-0.25, -0.2) is 0 Å². The highest BCUT2D eigenvalue weighted by molar-refractivity contribution is 5.76. The Morgan fingerprint density at radius 3 is 2.26 bits per heavy atom. The number of hydrogen-bond donors (Lipinski definition) is 3. The fraction of sp³-hybridized carbons (Fsp3) is 0.933. The van der Waals surface area contributed by atoms with E-state index in [0.717, 1.165) is 25.7 Å². The molecule has 0 atom stereocenters. The number of rotatable bonds is 5. The van der Waals surface area contributed by atoms with Gasteiger partial charge in [-0.05, 0) is 51.4 Å². The van der Waals surface area contributed by atoms with Crippen molar-refractivity contribution in [1.82, 2.24) is 5.32 Å². The van der Waals surface area contributed by atoms with Crippen LogP contribution >= 0.6 is 0 Å². The lowest BCUT2D eigenvalue weighted by molar-refractivity contribution is -0.123. The van der Waals surface area contributed by atoms with Crippen LogP contribution in [0.25, 0.3) is 0 Å². The fourth-order valence-electron chi connectivity index (χ4n) is 2.36. The summed E-state index contributed by atoms with van der Waals surface area (Å²) >= 11 is 0. The lowest BCUT2D eigenvalue weighted by Crippen LogP contribution is -2.47. The highest BCUT2D eigenvalue weighted by atomic mass is 16.3. The Kier molecular flexibility index (Phi) is 5.02. The normalized spacial score (nSPS) is 22.0. The summed E-state index contributed by atoms with van der Waals surface area (Å²) < 4.78 is 0. The van der Waals surface area contributed by atoms with Crippen LogP contribution in [0.3, 0.4) is 0 Å². The van der Waals surface area contributed by atoms with Gasteiger partial charge in [0.25, 0.3) is 0 Å². The molecule has 1 aliphatic carbocycles. The lowest BCUT2D eigenvalue weighted by atomic mass is 9.71. The first-order valence-electron chi connectivity index (χ1n) is 7.29. The average Bonchev–Trinajstić information content (AvgIpc) is 2.28. The van der Waals surface area contributed by atoms with Gasteiger partial charge in [0.2, 0.25) is 5.91 Å². The van der Waals surface area contributed by atoms with Gasteiger partial charge in [0.15, 0.2) is 0 Å². The lowest BCUT2D eigenvalue weighted by Gasteiger charge is -2.40. The molecule has 0 unspecified atom stereocenters. The molecule has 4 N–H and O–H groups in total. The van der Waals surface area contributed by atoms with Gasteiger partial charge in [0, 0.05) is 18.5 Å². The Morgan fingerprint density at radius 1 is 1.26 bits per heavy atom. The number of carbonyl (C=O) groups is 1. The van der Waals surface area contributed by atoms with Crippen LogP contribution in [0.4, 0.5) is 0 Å². The van der Waals surface area contributed by atoms with Crippen LogP contribution in [0.1, 0.15) is 66.2 Å². The van der Waals surface area contributed by atoms with Crippen LogP contribution in [0.2, 0.25) is 0 Å². The molecule has 1 saturated carbocycles. The molecule has 4 nitrogen and oxygen atoms in total. The third-order valence-corrected chi connectivity index (χ3v) is 4.15. The van der Waals surface area contributed by atoms with E-state index in [4.69, 9.17) is 5.73 Å². The van der Waals surface area contributed by atoms with Crippen LogP contribution in [0, 0.1) is 5.41 Å². The summed E-state index contributed by atoms with van der Waals surface area (Å²) in [6.07, 6.45) is 4.63. The summed E-state index contributed by atoms with van der Waals surface area (Å²) in [7, 11) is 0. The number of amides is 1. The zero-order chi connectivity index (χ0) is 14.7. The molecule has 0 heterocycles. The summed E-state index contributed by atoms with van der Waals surface area (Å²) in [6.45, 7) is 8.66. The average molecular weight is 270 g/mol. The van der Waals surface area contributed by atoms with E-state index in [2.05, 4.69) is 19.2 Å². The van der Waals surface area contributed by atoms with Crippen molar-refractivity contribution in [2.75, 3.05) is 6.54 Å². The van der Waals surface area contributed by atoms with Gasteiger partial charge in [-0.3, -0.25) is 4.79 Å². The largest absolute Gasteiger partial charge is 0.388 e. The molecule has 112 valence electrons. The van der Waals surface area contributed by atoms with E-state index < -0.39 is 5.60 Å². The van der Waals surface area contributed by atoms with Gasteiger partial charge in [-0.2, -0.15) is 0 Å². The first kappa shape index (κ1) is 16.4. The van der Waals surface area contributed by atoms with Crippen molar-refractivity contribution in [2.45, 2.75) is 77.4 Å². The second-order valence-corrected chi connectivity index (χ2v) is 7.65. The monoisotopic (exact) mass is 270 g/mol. The van der Waals surface area contributed by atoms with E-state index in [1.54, 1.807) is 0 Å². The van der Waals surface area contributed by atoms with Crippen molar-refractivity contribution >= 4 is 5.91 Å². The van der Waals surface area contributed by atoms with Crippen molar-refractivity contribution < 1.29 is 9.90 Å². The Balaban J connectivity index is 2.30. The number of hydrogen-bond acceptors (Lipinski definition) is 3. The topological polar surface area (TPSA) is 75.4 Å². The predicted molar refractivity (Wildman–Crippen MR) is 77.7 cm³/mol. The Bertz CT molecular complexity index is 309. The van der Waals surface area contributed by atoms with Gasteiger partial charge >= 0.3 is 0 Å². The van der Waals surface area contributed by atoms with Crippen molar-refractivity contribution in [3.8, 4) is 0 Å². The third-order valence-electron chi connectivity index (χ3n) is 4.15. The van der Waals surface area contributed by atoms with Crippen molar-refractivity contribution in [1.29, 1.82) is 0 Å². The number of carbonyl (C=O) groups excluding carboxylic acids is 1. The van der Waals surface area contributed by atoms with Crippen molar-refractivity contribution in [3.63, 3.8) is 0 Å². The van der Waals surface area contributed by atoms with E-state index in [-0.39, 0.29) is 11.4 Å². The second kappa shape index (κ2) is 5.80. The van der Waals surface area contributed by atoms with Crippen molar-refractivity contribution in [3.05, 3.63) is 0 Å². The molecular weight excluding hydrogens is 240 g/mol. The zero-order valence-electron chi connectivity index (χ0n) is 12.9. The van der Waals surface area contributed by atoms with Crippen LogP contribution < -0.4 is 11.1 Å². The van der Waals surface area contributed by atoms with Crippen molar-refractivity contribution in [2.24, 2.45) is 11.1 Å². The molecule has 0 spiro atoms. The van der Waals surface area contributed by atoms with E-state index in [1.165, 1.54) is 0 Å². The summed E-state index contributed by atoms with van der Waals surface area (Å²) in [6, 6.07) is 0. The Morgan fingerprint density at radius 2 is 1.79 bits per heavy atom. The molecule has 1 aliphatic rings. The Hall–Kier alpha value is -0.610. The maximum atomic E-state index is 11.7. The first-order valence-corrected chi connectivity index (χ1v) is 7.29. The van der Waals surface area contributed by atoms with Crippen LogP contribution in [-0.4, -0.2) is 28.7 Å². The fourth-order valence-corrected chi connectivity index (χ4v) is 2.36. The zero-order valence-corrected chi connectivity index (χ0v) is 12.9. The van der Waals surface area contributed by atoms with Gasteiger partial charge in [0.1, 0.15) is 0 Å². The van der Waals surface area contributed by atoms with Crippen LogP contribution in [0.15, 0.2) is 0 Å². The van der Waals surface area contributed by atoms with Gasteiger partial charge in [0.05, 0.1) is 5.60 Å². The minimum absolute atomic E-state index is 0.0169. The Labute approximate surface area is 117 Å². The van der Waals surface area contributed by atoms with E-state index in [1.807, 2.05) is 13.8 Å². The molecule has 1 amide bonds.